The minimum atomic E-state index is -0.0261. The van der Waals surface area contributed by atoms with Gasteiger partial charge in [-0.25, -0.2) is 0 Å². The van der Waals surface area contributed by atoms with E-state index in [1.807, 2.05) is 6.79 Å². The zero-order chi connectivity index (χ0) is 10.3. The fourth-order valence-electron chi connectivity index (χ4n) is 0.527. The van der Waals surface area contributed by atoms with Gasteiger partial charge in [-0.15, -0.1) is 0 Å². The molecule has 1 rings (SSSR count). The number of aromatic nitrogens is 3. The molecule has 0 bridgehead atoms. The van der Waals surface area contributed by atoms with Crippen LogP contribution >= 0.6 is 0 Å². The van der Waals surface area contributed by atoms with Crippen molar-refractivity contribution in [1.29, 1.82) is 0 Å². The van der Waals surface area contributed by atoms with Crippen LogP contribution < -0.4 is 16.8 Å². The molecule has 70 valence electrons. The number of hydrogen-bond acceptors (Lipinski definition) is 7. The number of carbonyl (C=O) groups excluding carboxylic acids is 2. The molecule has 0 aliphatic carbocycles. The highest BCUT2D eigenvalue weighted by molar-refractivity contribution is 5.67. The molecule has 0 aliphatic rings. The summed E-state index contributed by atoms with van der Waals surface area (Å²) in [7, 11) is 0. The molecule has 0 spiro atoms. The van der Waals surface area contributed by atoms with Crippen LogP contribution in [0.3, 0.4) is 0 Å². The number of hydrogen-bond donors (Lipinski definition) is 3. The molecular formula is C5H8N6O2. The van der Waals surface area contributed by atoms with Crippen LogP contribution in [-0.2, 0) is 9.59 Å². The third-order valence-corrected chi connectivity index (χ3v) is 0.858. The van der Waals surface area contributed by atoms with Crippen molar-refractivity contribution in [3.63, 3.8) is 0 Å². The van der Waals surface area contributed by atoms with Gasteiger partial charge in [0.05, 0.1) is 0 Å². The molecule has 0 radical (unpaired) electrons. The first-order valence-electron chi connectivity index (χ1n) is 2.98. The van der Waals surface area contributed by atoms with Crippen LogP contribution in [-0.4, -0.2) is 28.2 Å². The summed E-state index contributed by atoms with van der Waals surface area (Å²) >= 11 is 0. The van der Waals surface area contributed by atoms with Crippen LogP contribution in [0.5, 0.6) is 0 Å². The fourth-order valence-corrected chi connectivity index (χ4v) is 0.527. The molecule has 0 atom stereocenters. The van der Waals surface area contributed by atoms with Crippen LogP contribution in [0.25, 0.3) is 0 Å². The van der Waals surface area contributed by atoms with Gasteiger partial charge in [0.25, 0.3) is 0 Å². The molecule has 8 nitrogen and oxygen atoms in total. The molecule has 0 unspecified atom stereocenters. The summed E-state index contributed by atoms with van der Waals surface area (Å²) in [6, 6.07) is 0. The van der Waals surface area contributed by atoms with Crippen molar-refractivity contribution < 1.29 is 9.59 Å². The summed E-state index contributed by atoms with van der Waals surface area (Å²) in [4.78, 5) is 28.5. The van der Waals surface area contributed by atoms with E-state index in [1.54, 1.807) is 0 Å². The summed E-state index contributed by atoms with van der Waals surface area (Å²) in [5, 5.41) is 2.19. The van der Waals surface area contributed by atoms with E-state index in [0.29, 0.717) is 6.41 Å². The van der Waals surface area contributed by atoms with E-state index in [0.717, 1.165) is 0 Å². The van der Waals surface area contributed by atoms with Crippen LogP contribution in [0.15, 0.2) is 0 Å². The number of anilines is 3. The standard InChI is InChI=1S/C4H6N6O.CH2O/c5-2-8-3(6)10-4(9-2)7-1-11;1-2/h1H,(H5,5,6,7,8,9,10,11);1H2. The zero-order valence-electron chi connectivity index (χ0n) is 6.60. The lowest BCUT2D eigenvalue weighted by molar-refractivity contribution is -0.105. The smallest absolute Gasteiger partial charge is 0.235 e. The SMILES string of the molecule is C=O.Nc1nc(N)nc(NC=O)n1. The average Bonchev–Trinajstić information content (AvgIpc) is 2.06. The summed E-state index contributed by atoms with van der Waals surface area (Å²) in [5.74, 6) is -0.00583. The van der Waals surface area contributed by atoms with Gasteiger partial charge in [0.2, 0.25) is 24.3 Å². The second-order valence-corrected chi connectivity index (χ2v) is 1.64. The van der Waals surface area contributed by atoms with Gasteiger partial charge in [-0.3, -0.25) is 10.1 Å². The van der Waals surface area contributed by atoms with Gasteiger partial charge in [-0.1, -0.05) is 0 Å². The Kier molecular flexibility index (Phi) is 4.47. The molecule has 0 aliphatic heterocycles. The number of carbonyl (C=O) groups is 2. The molecule has 1 aromatic heterocycles. The Bertz CT molecular complexity index is 270. The third kappa shape index (κ3) is 3.60. The first-order chi connectivity index (χ1) is 6.22. The molecule has 1 amide bonds. The van der Waals surface area contributed by atoms with E-state index in [4.69, 9.17) is 16.3 Å². The average molecular weight is 184 g/mol. The topological polar surface area (TPSA) is 137 Å². The van der Waals surface area contributed by atoms with E-state index in [1.165, 1.54) is 0 Å². The van der Waals surface area contributed by atoms with Crippen LogP contribution in [0, 0.1) is 0 Å². The molecule has 5 N–H and O–H groups in total. The van der Waals surface area contributed by atoms with E-state index >= 15 is 0 Å². The molecular weight excluding hydrogens is 176 g/mol. The first-order valence-corrected chi connectivity index (χ1v) is 2.98. The molecule has 0 fully saturated rings. The number of rotatable bonds is 2. The summed E-state index contributed by atoms with van der Waals surface area (Å²) in [5.41, 5.74) is 10.4. The lowest BCUT2D eigenvalue weighted by Gasteiger charge is -1.97. The van der Waals surface area contributed by atoms with E-state index < -0.39 is 0 Å². The zero-order valence-corrected chi connectivity index (χ0v) is 6.60. The highest BCUT2D eigenvalue weighted by atomic mass is 16.1. The van der Waals surface area contributed by atoms with Crippen LogP contribution in [0.2, 0.25) is 0 Å². The number of amides is 1. The summed E-state index contributed by atoms with van der Waals surface area (Å²) in [6.45, 7) is 2.00. The van der Waals surface area contributed by atoms with Gasteiger partial charge < -0.3 is 16.3 Å². The van der Waals surface area contributed by atoms with Gasteiger partial charge in [-0.05, 0) is 0 Å². The quantitative estimate of drug-likeness (QED) is 0.471. The number of nitrogens with one attached hydrogen (secondary N) is 1. The highest BCUT2D eigenvalue weighted by Crippen LogP contribution is 2.01. The Morgan fingerprint density at radius 1 is 1.15 bits per heavy atom. The summed E-state index contributed by atoms with van der Waals surface area (Å²) in [6.07, 6.45) is 0.425. The maximum atomic E-state index is 9.90. The van der Waals surface area contributed by atoms with Gasteiger partial charge in [0, 0.05) is 0 Å². The number of nitrogen functional groups attached to an aromatic ring is 2. The van der Waals surface area contributed by atoms with Crippen LogP contribution in [0.4, 0.5) is 17.8 Å². The Morgan fingerprint density at radius 2 is 1.62 bits per heavy atom. The Morgan fingerprint density at radius 3 is 2.00 bits per heavy atom. The minimum absolute atomic E-state index is 0.0261. The van der Waals surface area contributed by atoms with Crippen LogP contribution in [0.1, 0.15) is 0 Å². The van der Waals surface area contributed by atoms with Gasteiger partial charge in [-0.2, -0.15) is 15.0 Å². The molecule has 0 saturated heterocycles. The van der Waals surface area contributed by atoms with E-state index in [2.05, 4.69) is 20.3 Å². The highest BCUT2D eigenvalue weighted by Gasteiger charge is 1.98. The lowest BCUT2D eigenvalue weighted by atomic mass is 10.8. The van der Waals surface area contributed by atoms with Gasteiger partial charge in [0.15, 0.2) is 0 Å². The van der Waals surface area contributed by atoms with Crippen molar-refractivity contribution in [1.82, 2.24) is 15.0 Å². The molecule has 1 aromatic rings. The van der Waals surface area contributed by atoms with Gasteiger partial charge in [0.1, 0.15) is 6.79 Å². The van der Waals surface area contributed by atoms with Gasteiger partial charge >= 0.3 is 0 Å². The summed E-state index contributed by atoms with van der Waals surface area (Å²) < 4.78 is 0. The molecule has 0 saturated carbocycles. The van der Waals surface area contributed by atoms with Crippen molar-refractivity contribution in [2.24, 2.45) is 0 Å². The van der Waals surface area contributed by atoms with Crippen molar-refractivity contribution >= 4 is 31.0 Å². The Labute approximate surface area is 73.4 Å². The van der Waals surface area contributed by atoms with Crippen molar-refractivity contribution in [3.8, 4) is 0 Å². The second kappa shape index (κ2) is 5.41. The first kappa shape index (κ1) is 10.8. The van der Waals surface area contributed by atoms with E-state index in [-0.39, 0.29) is 17.8 Å². The largest absolute Gasteiger partial charge is 0.368 e. The molecule has 1 heterocycles. The normalized spacial score (nSPS) is 8.00. The monoisotopic (exact) mass is 184 g/mol. The molecule has 0 aromatic carbocycles. The maximum Gasteiger partial charge on any atom is 0.235 e. The lowest BCUT2D eigenvalue weighted by Crippen LogP contribution is -2.07. The third-order valence-electron chi connectivity index (χ3n) is 0.858. The second-order valence-electron chi connectivity index (χ2n) is 1.64. The van der Waals surface area contributed by atoms with E-state index in [9.17, 15) is 4.79 Å². The maximum absolute atomic E-state index is 9.90. The molecule has 8 heteroatoms. The number of nitrogens with zero attached hydrogens (tertiary/aromatic N) is 3. The molecule has 13 heavy (non-hydrogen) atoms. The predicted molar refractivity (Wildman–Crippen MR) is 45.5 cm³/mol. The van der Waals surface area contributed by atoms with Crippen molar-refractivity contribution in [3.05, 3.63) is 0 Å². The Balaban J connectivity index is 0.000000671. The number of nitrogens with two attached hydrogens (primary N) is 2. The predicted octanol–water partition coefficient (Wildman–Crippen LogP) is -1.58. The minimum Gasteiger partial charge on any atom is -0.368 e. The Hall–Kier alpha value is -2.25. The van der Waals surface area contributed by atoms with Crippen molar-refractivity contribution in [2.75, 3.05) is 16.8 Å². The van der Waals surface area contributed by atoms with Crippen molar-refractivity contribution in [2.45, 2.75) is 0 Å². The fraction of sp³-hybridized carbons (Fsp3) is 0.